The van der Waals surface area contributed by atoms with Gasteiger partial charge < -0.3 is 10.8 Å². The predicted octanol–water partition coefficient (Wildman–Crippen LogP) is 1.24. The van der Waals surface area contributed by atoms with E-state index >= 15 is 0 Å². The van der Waals surface area contributed by atoms with Crippen molar-refractivity contribution in [1.82, 2.24) is 0 Å². The maximum Gasteiger partial charge on any atom is 0.0624 e. The maximum absolute atomic E-state index is 8.79. The van der Waals surface area contributed by atoms with E-state index in [1.807, 2.05) is 24.3 Å². The first-order chi connectivity index (χ1) is 5.77. The van der Waals surface area contributed by atoms with Gasteiger partial charge in [-0.15, -0.1) is 0 Å². The number of hydrogen-bond acceptors (Lipinski definition) is 2. The Morgan fingerprint density at radius 1 is 1.33 bits per heavy atom. The van der Waals surface area contributed by atoms with Crippen molar-refractivity contribution in [3.05, 3.63) is 35.4 Å². The Bertz CT molecular complexity index is 230. The highest BCUT2D eigenvalue weighted by Crippen LogP contribution is 2.10. The van der Waals surface area contributed by atoms with Gasteiger partial charge in [0.15, 0.2) is 0 Å². The van der Waals surface area contributed by atoms with Crippen molar-refractivity contribution in [2.24, 2.45) is 5.73 Å². The Morgan fingerprint density at radius 3 is 2.33 bits per heavy atom. The smallest absolute Gasteiger partial charge is 0.0624 e. The van der Waals surface area contributed by atoms with E-state index in [2.05, 4.69) is 6.92 Å². The summed E-state index contributed by atoms with van der Waals surface area (Å²) in [6.07, 6.45) is 1.04. The third-order valence-corrected chi connectivity index (χ3v) is 2.01. The molecule has 1 aromatic rings. The number of aliphatic hydroxyl groups is 1. The molecule has 0 aromatic heterocycles. The van der Waals surface area contributed by atoms with Crippen LogP contribution in [0.2, 0.25) is 0 Å². The number of nitrogens with two attached hydrogens (primary N) is 1. The van der Waals surface area contributed by atoms with Gasteiger partial charge in [0.2, 0.25) is 0 Å². The molecule has 0 aliphatic carbocycles. The molecule has 2 heteroatoms. The fourth-order valence-corrected chi connectivity index (χ4v) is 1.11. The van der Waals surface area contributed by atoms with Gasteiger partial charge in [0.25, 0.3) is 0 Å². The third kappa shape index (κ3) is 2.06. The van der Waals surface area contributed by atoms with Crippen LogP contribution in [-0.4, -0.2) is 11.7 Å². The van der Waals surface area contributed by atoms with Crippen LogP contribution in [0.1, 0.15) is 24.1 Å². The van der Waals surface area contributed by atoms with E-state index in [4.69, 9.17) is 10.8 Å². The van der Waals surface area contributed by atoms with E-state index in [1.54, 1.807) is 0 Å². The van der Waals surface area contributed by atoms with Crippen molar-refractivity contribution in [1.29, 1.82) is 0 Å². The molecule has 12 heavy (non-hydrogen) atoms. The lowest BCUT2D eigenvalue weighted by Gasteiger charge is -2.08. The zero-order chi connectivity index (χ0) is 8.97. The first-order valence-corrected chi connectivity index (χ1v) is 4.23. The van der Waals surface area contributed by atoms with Crippen LogP contribution in [0.3, 0.4) is 0 Å². The second kappa shape index (κ2) is 4.24. The highest BCUT2D eigenvalue weighted by molar-refractivity contribution is 5.24. The average molecular weight is 165 g/mol. The lowest BCUT2D eigenvalue weighted by molar-refractivity contribution is 0.268. The first-order valence-electron chi connectivity index (χ1n) is 4.23. The zero-order valence-corrected chi connectivity index (χ0v) is 7.33. The summed E-state index contributed by atoms with van der Waals surface area (Å²) in [5.41, 5.74) is 7.93. The van der Waals surface area contributed by atoms with Gasteiger partial charge in [-0.2, -0.15) is 0 Å². The second-order valence-electron chi connectivity index (χ2n) is 2.88. The number of aliphatic hydroxyl groups excluding tert-OH is 1. The predicted molar refractivity (Wildman–Crippen MR) is 49.8 cm³/mol. The first kappa shape index (κ1) is 9.23. The molecular formula is C10H15NO. The fraction of sp³-hybridized carbons (Fsp3) is 0.400. The molecule has 0 spiro atoms. The number of rotatable bonds is 3. The average Bonchev–Trinajstić information content (AvgIpc) is 2.17. The van der Waals surface area contributed by atoms with E-state index in [0.717, 1.165) is 12.0 Å². The Labute approximate surface area is 73.0 Å². The second-order valence-corrected chi connectivity index (χ2v) is 2.88. The summed E-state index contributed by atoms with van der Waals surface area (Å²) >= 11 is 0. The minimum Gasteiger partial charge on any atom is -0.394 e. The van der Waals surface area contributed by atoms with Crippen molar-refractivity contribution in [2.45, 2.75) is 19.4 Å². The number of benzene rings is 1. The molecule has 66 valence electrons. The Hall–Kier alpha value is -0.860. The topological polar surface area (TPSA) is 46.2 Å². The summed E-state index contributed by atoms with van der Waals surface area (Å²) < 4.78 is 0. The fourth-order valence-electron chi connectivity index (χ4n) is 1.11. The molecule has 0 aliphatic heterocycles. The van der Waals surface area contributed by atoms with Crippen LogP contribution in [0, 0.1) is 0 Å². The summed E-state index contributed by atoms with van der Waals surface area (Å²) in [5.74, 6) is 0. The molecule has 3 N–H and O–H groups in total. The molecule has 0 fully saturated rings. The lowest BCUT2D eigenvalue weighted by Crippen LogP contribution is -2.14. The van der Waals surface area contributed by atoms with Gasteiger partial charge >= 0.3 is 0 Å². The molecule has 0 unspecified atom stereocenters. The Balaban J connectivity index is 2.77. The Kier molecular flexibility index (Phi) is 3.26. The molecule has 1 rings (SSSR count). The lowest BCUT2D eigenvalue weighted by atomic mass is 10.1. The van der Waals surface area contributed by atoms with E-state index < -0.39 is 0 Å². The molecule has 1 aromatic carbocycles. The molecule has 0 saturated heterocycles. The van der Waals surface area contributed by atoms with Crippen LogP contribution in [0.4, 0.5) is 0 Å². The van der Waals surface area contributed by atoms with Gasteiger partial charge in [0, 0.05) is 0 Å². The summed E-state index contributed by atoms with van der Waals surface area (Å²) in [6.45, 7) is 2.12. The largest absolute Gasteiger partial charge is 0.394 e. The number of aryl methyl sites for hydroxylation is 1. The Morgan fingerprint density at radius 2 is 1.92 bits per heavy atom. The van der Waals surface area contributed by atoms with Crippen molar-refractivity contribution in [2.75, 3.05) is 6.61 Å². The minimum absolute atomic E-state index is 0.00543. The highest BCUT2D eigenvalue weighted by atomic mass is 16.3. The van der Waals surface area contributed by atoms with E-state index in [0.29, 0.717) is 0 Å². The van der Waals surface area contributed by atoms with Gasteiger partial charge in [0.05, 0.1) is 12.6 Å². The molecule has 0 saturated carbocycles. The standard InChI is InChI=1S/C10H15NO/c1-2-8-3-5-9(6-4-8)10(11)7-12/h3-6,10,12H,2,7,11H2,1H3/t10-/m1/s1. The van der Waals surface area contributed by atoms with Crippen molar-refractivity contribution < 1.29 is 5.11 Å². The van der Waals surface area contributed by atoms with Crippen molar-refractivity contribution in [3.63, 3.8) is 0 Å². The molecule has 2 nitrogen and oxygen atoms in total. The zero-order valence-electron chi connectivity index (χ0n) is 7.33. The summed E-state index contributed by atoms with van der Waals surface area (Å²) in [4.78, 5) is 0. The van der Waals surface area contributed by atoms with Crippen molar-refractivity contribution >= 4 is 0 Å². The van der Waals surface area contributed by atoms with Gasteiger partial charge in [0.1, 0.15) is 0 Å². The molecule has 0 aliphatic rings. The minimum atomic E-state index is -0.240. The summed E-state index contributed by atoms with van der Waals surface area (Å²) in [6, 6.07) is 7.80. The molecule has 1 atom stereocenters. The van der Waals surface area contributed by atoms with Gasteiger partial charge in [-0.25, -0.2) is 0 Å². The van der Waals surface area contributed by atoms with Crippen LogP contribution in [0.15, 0.2) is 24.3 Å². The third-order valence-electron chi connectivity index (χ3n) is 2.01. The molecule has 0 bridgehead atoms. The van der Waals surface area contributed by atoms with Crippen LogP contribution in [0.25, 0.3) is 0 Å². The SMILES string of the molecule is CCc1ccc([C@H](N)CO)cc1. The normalized spacial score (nSPS) is 12.9. The van der Waals surface area contributed by atoms with E-state index in [9.17, 15) is 0 Å². The summed E-state index contributed by atoms with van der Waals surface area (Å²) in [5, 5.41) is 8.79. The molecule has 0 amide bonds. The monoisotopic (exact) mass is 165 g/mol. The van der Waals surface area contributed by atoms with E-state index in [1.165, 1.54) is 5.56 Å². The molecule has 0 heterocycles. The van der Waals surface area contributed by atoms with Crippen LogP contribution < -0.4 is 5.73 Å². The van der Waals surface area contributed by atoms with Gasteiger partial charge in [-0.05, 0) is 17.5 Å². The number of hydrogen-bond donors (Lipinski definition) is 2. The van der Waals surface area contributed by atoms with Crippen LogP contribution in [-0.2, 0) is 6.42 Å². The van der Waals surface area contributed by atoms with Crippen LogP contribution in [0.5, 0.6) is 0 Å². The summed E-state index contributed by atoms with van der Waals surface area (Å²) in [7, 11) is 0. The van der Waals surface area contributed by atoms with Gasteiger partial charge in [-0.3, -0.25) is 0 Å². The van der Waals surface area contributed by atoms with Gasteiger partial charge in [-0.1, -0.05) is 31.2 Å². The quantitative estimate of drug-likeness (QED) is 0.708. The maximum atomic E-state index is 8.79. The molecule has 0 radical (unpaired) electrons. The highest BCUT2D eigenvalue weighted by Gasteiger charge is 2.02. The van der Waals surface area contributed by atoms with Crippen molar-refractivity contribution in [3.8, 4) is 0 Å². The van der Waals surface area contributed by atoms with E-state index in [-0.39, 0.29) is 12.6 Å². The molecular weight excluding hydrogens is 150 g/mol. The van der Waals surface area contributed by atoms with Crippen LogP contribution >= 0.6 is 0 Å².